The van der Waals surface area contributed by atoms with Crippen LogP contribution in [0.5, 0.6) is 0 Å². The fraction of sp³-hybridized carbons (Fsp3) is 0.200. The number of rotatable bonds is 4. The molecule has 0 fully saturated rings. The molecule has 0 atom stereocenters. The van der Waals surface area contributed by atoms with Crippen molar-refractivity contribution in [2.45, 2.75) is 20.8 Å². The van der Waals surface area contributed by atoms with Crippen LogP contribution in [0, 0.1) is 33.1 Å². The summed E-state index contributed by atoms with van der Waals surface area (Å²) in [4.78, 5) is 0. The summed E-state index contributed by atoms with van der Waals surface area (Å²) in [6.45, 7) is 6.73. The first kappa shape index (κ1) is 24.4. The number of ether oxygens (including phenoxy) is 1. The molecule has 28 heavy (non-hydrogen) atoms. The SMILES string of the molecule is Cc1ccc(P(c2ccc(C)cc2)c2ccc(C)cc2)cc1.[Au+].[C-]#CCOC. The summed E-state index contributed by atoms with van der Waals surface area (Å²) in [5.41, 5.74) is 3.93. The van der Waals surface area contributed by atoms with E-state index < -0.39 is 7.92 Å². The maximum absolute atomic E-state index is 6.23. The summed E-state index contributed by atoms with van der Waals surface area (Å²) >= 11 is 0. The Morgan fingerprint density at radius 3 is 1.14 bits per heavy atom. The van der Waals surface area contributed by atoms with Crippen molar-refractivity contribution >= 4 is 23.8 Å². The smallest absolute Gasteiger partial charge is 0.691 e. The van der Waals surface area contributed by atoms with Gasteiger partial charge in [-0.3, -0.25) is 0 Å². The molecule has 0 spiro atoms. The van der Waals surface area contributed by atoms with Gasteiger partial charge in [0.05, 0.1) is 6.61 Å². The fourth-order valence-corrected chi connectivity index (χ4v) is 4.84. The zero-order valence-corrected chi connectivity index (χ0v) is 19.9. The predicted octanol–water partition coefficient (Wildman–Crippen LogP) is 4.59. The van der Waals surface area contributed by atoms with E-state index >= 15 is 0 Å². The first-order valence-electron chi connectivity index (χ1n) is 8.94. The Bertz CT molecular complexity index is 754. The van der Waals surface area contributed by atoms with Crippen LogP contribution >= 0.6 is 7.92 Å². The third-order valence-corrected chi connectivity index (χ3v) is 6.54. The van der Waals surface area contributed by atoms with Crippen LogP contribution in [0.1, 0.15) is 16.7 Å². The standard InChI is InChI=1S/C21H21P.C4H5O.Au/c1-16-4-10-19(11-5-16)22(20-12-6-17(2)7-13-20)21-14-8-18(3)9-15-21;1-3-4-5-2;/h4-15H,1-3H3;4H2,2H3;/q;-1;+1. The van der Waals surface area contributed by atoms with Crippen LogP contribution < -0.4 is 15.9 Å². The van der Waals surface area contributed by atoms with E-state index in [1.165, 1.54) is 39.7 Å². The zero-order valence-electron chi connectivity index (χ0n) is 16.8. The maximum atomic E-state index is 6.23. The van der Waals surface area contributed by atoms with Crippen LogP contribution in [0.3, 0.4) is 0 Å². The molecule has 0 saturated carbocycles. The summed E-state index contributed by atoms with van der Waals surface area (Å²) in [7, 11) is 1.05. The summed E-state index contributed by atoms with van der Waals surface area (Å²) in [5.74, 6) is 2.05. The van der Waals surface area contributed by atoms with Gasteiger partial charge in [-0.15, -0.1) is 0 Å². The average molecular weight is 570 g/mol. The van der Waals surface area contributed by atoms with Crippen molar-refractivity contribution in [2.24, 2.45) is 0 Å². The Morgan fingerprint density at radius 2 is 0.964 bits per heavy atom. The molecule has 3 heteroatoms. The molecule has 148 valence electrons. The van der Waals surface area contributed by atoms with Gasteiger partial charge in [0.1, 0.15) is 0 Å². The summed E-state index contributed by atoms with van der Waals surface area (Å²) in [6, 6.07) is 27.0. The fourth-order valence-electron chi connectivity index (χ4n) is 2.60. The molecule has 0 bridgehead atoms. The van der Waals surface area contributed by atoms with Gasteiger partial charge >= 0.3 is 22.4 Å². The molecule has 0 aliphatic rings. The number of methoxy groups -OCH3 is 1. The minimum absolute atomic E-state index is 0. The van der Waals surface area contributed by atoms with Gasteiger partial charge in [0.15, 0.2) is 0 Å². The van der Waals surface area contributed by atoms with Gasteiger partial charge in [-0.2, -0.15) is 0 Å². The van der Waals surface area contributed by atoms with Gasteiger partial charge in [-0.05, 0) is 44.6 Å². The molecule has 0 amide bonds. The van der Waals surface area contributed by atoms with Crippen molar-refractivity contribution in [3.05, 3.63) is 95.9 Å². The van der Waals surface area contributed by atoms with Crippen LogP contribution in [0.15, 0.2) is 72.8 Å². The van der Waals surface area contributed by atoms with Crippen LogP contribution in [0.4, 0.5) is 0 Å². The monoisotopic (exact) mass is 570 g/mol. The molecule has 3 rings (SSSR count). The third-order valence-electron chi connectivity index (χ3n) is 4.09. The molecule has 3 aromatic carbocycles. The van der Waals surface area contributed by atoms with Crippen molar-refractivity contribution in [1.29, 1.82) is 0 Å². The van der Waals surface area contributed by atoms with Crippen LogP contribution in [-0.4, -0.2) is 13.7 Å². The van der Waals surface area contributed by atoms with Crippen molar-refractivity contribution in [3.63, 3.8) is 0 Å². The molecule has 0 saturated heterocycles. The van der Waals surface area contributed by atoms with Crippen molar-refractivity contribution in [1.82, 2.24) is 0 Å². The van der Waals surface area contributed by atoms with Gasteiger partial charge in [-0.1, -0.05) is 89.5 Å². The van der Waals surface area contributed by atoms with E-state index in [4.69, 9.17) is 6.42 Å². The van der Waals surface area contributed by atoms with Gasteiger partial charge < -0.3 is 17.1 Å². The molecule has 0 aliphatic carbocycles. The molecule has 0 unspecified atom stereocenters. The second-order valence-corrected chi connectivity index (χ2v) is 8.67. The minimum Gasteiger partial charge on any atom is -0.691 e. The second-order valence-electron chi connectivity index (χ2n) is 6.45. The van der Waals surface area contributed by atoms with Crippen molar-refractivity contribution in [2.75, 3.05) is 13.7 Å². The Kier molecular flexibility index (Phi) is 11.1. The van der Waals surface area contributed by atoms with E-state index in [2.05, 4.69) is 98.3 Å². The van der Waals surface area contributed by atoms with E-state index in [1.54, 1.807) is 0 Å². The number of aryl methyl sites for hydroxylation is 3. The molecule has 3 aromatic rings. The Labute approximate surface area is 186 Å². The molecule has 0 aliphatic heterocycles. The van der Waals surface area contributed by atoms with Crippen LogP contribution in [-0.2, 0) is 27.1 Å². The molecule has 0 heterocycles. The quantitative estimate of drug-likeness (QED) is 0.193. The van der Waals surface area contributed by atoms with E-state index in [9.17, 15) is 0 Å². The van der Waals surface area contributed by atoms with Gasteiger partial charge in [0.25, 0.3) is 0 Å². The third kappa shape index (κ3) is 7.40. The Hall–Kier alpha value is -1.65. The maximum Gasteiger partial charge on any atom is 1.00 e. The average Bonchev–Trinajstić information content (AvgIpc) is 2.68. The topological polar surface area (TPSA) is 9.23 Å². The largest absolute Gasteiger partial charge is 1.00 e. The van der Waals surface area contributed by atoms with Crippen molar-refractivity contribution in [3.8, 4) is 5.92 Å². The first-order chi connectivity index (χ1) is 13.0. The normalized spacial score (nSPS) is 9.71. The Balaban J connectivity index is 0.000000584. The number of hydrogen-bond acceptors (Lipinski definition) is 1. The van der Waals surface area contributed by atoms with Gasteiger partial charge in [0, 0.05) is 7.11 Å². The molecule has 0 aromatic heterocycles. The molecular formula is C25H26AuOP. The summed E-state index contributed by atoms with van der Waals surface area (Å²) in [5, 5.41) is 4.23. The summed E-state index contributed by atoms with van der Waals surface area (Å²) in [6.07, 6.45) is 6.23. The first-order valence-corrected chi connectivity index (χ1v) is 10.3. The van der Waals surface area contributed by atoms with Crippen LogP contribution in [0.25, 0.3) is 0 Å². The van der Waals surface area contributed by atoms with Crippen molar-refractivity contribution < 1.29 is 27.1 Å². The van der Waals surface area contributed by atoms with E-state index in [1.807, 2.05) is 5.92 Å². The number of hydrogen-bond donors (Lipinski definition) is 0. The Morgan fingerprint density at radius 1 is 0.679 bits per heavy atom. The molecule has 1 nitrogen and oxygen atoms in total. The summed E-state index contributed by atoms with van der Waals surface area (Å²) < 4.78 is 4.39. The second kappa shape index (κ2) is 12.7. The predicted molar refractivity (Wildman–Crippen MR) is 118 cm³/mol. The van der Waals surface area contributed by atoms with Gasteiger partial charge in [0.2, 0.25) is 0 Å². The number of benzene rings is 3. The molecule has 0 radical (unpaired) electrons. The van der Waals surface area contributed by atoms with E-state index in [-0.39, 0.29) is 22.4 Å². The van der Waals surface area contributed by atoms with E-state index in [0.29, 0.717) is 6.61 Å². The van der Waals surface area contributed by atoms with E-state index in [0.717, 1.165) is 0 Å². The van der Waals surface area contributed by atoms with Gasteiger partial charge in [-0.25, -0.2) is 0 Å². The minimum atomic E-state index is -0.483. The molecule has 0 N–H and O–H groups in total. The van der Waals surface area contributed by atoms with Crippen LogP contribution in [0.2, 0.25) is 0 Å². The zero-order chi connectivity index (χ0) is 19.6. The molecular weight excluding hydrogens is 544 g/mol.